The number of anilines is 1. The summed E-state index contributed by atoms with van der Waals surface area (Å²) in [5, 5.41) is 11.7. The molecule has 158 valence electrons. The van der Waals surface area contributed by atoms with Crippen LogP contribution in [0.15, 0.2) is 29.4 Å². The Hall–Kier alpha value is -2.03. The van der Waals surface area contributed by atoms with Gasteiger partial charge in [0.1, 0.15) is 5.82 Å². The third kappa shape index (κ3) is 5.98. The Balaban J connectivity index is 1.57. The zero-order chi connectivity index (χ0) is 20.9. The van der Waals surface area contributed by atoms with Gasteiger partial charge in [-0.15, -0.1) is 10.2 Å². The van der Waals surface area contributed by atoms with Crippen molar-refractivity contribution in [3.05, 3.63) is 35.7 Å². The number of carbonyl (C=O) groups is 1. The highest BCUT2D eigenvalue weighted by Crippen LogP contribution is 2.31. The molecule has 0 atom stereocenters. The van der Waals surface area contributed by atoms with Crippen LogP contribution in [-0.2, 0) is 23.9 Å². The second-order valence-electron chi connectivity index (χ2n) is 7.27. The fourth-order valence-corrected chi connectivity index (χ4v) is 4.47. The van der Waals surface area contributed by atoms with Crippen molar-refractivity contribution in [3.63, 3.8) is 0 Å². The van der Waals surface area contributed by atoms with E-state index in [1.54, 1.807) is 0 Å². The smallest absolute Gasteiger partial charge is 0.325 e. The van der Waals surface area contributed by atoms with Gasteiger partial charge in [-0.2, -0.15) is 13.2 Å². The number of hydrogen-bond donors (Lipinski definition) is 1. The van der Waals surface area contributed by atoms with Gasteiger partial charge in [0.25, 0.3) is 0 Å². The molecule has 1 heterocycles. The number of nitrogens with one attached hydrogen (secondary N) is 1. The maximum absolute atomic E-state index is 12.8. The van der Waals surface area contributed by atoms with Gasteiger partial charge in [0.15, 0.2) is 5.16 Å². The van der Waals surface area contributed by atoms with E-state index in [0.717, 1.165) is 24.4 Å². The monoisotopic (exact) mass is 426 g/mol. The van der Waals surface area contributed by atoms with E-state index >= 15 is 0 Å². The first-order valence-electron chi connectivity index (χ1n) is 9.88. The summed E-state index contributed by atoms with van der Waals surface area (Å²) in [5.74, 6) is 1.26. The van der Waals surface area contributed by atoms with Gasteiger partial charge in [0.2, 0.25) is 5.91 Å². The molecule has 1 fully saturated rings. The molecule has 29 heavy (non-hydrogen) atoms. The van der Waals surface area contributed by atoms with E-state index in [-0.39, 0.29) is 17.3 Å². The summed E-state index contributed by atoms with van der Waals surface area (Å²) < 4.78 is 40.4. The molecule has 0 bridgehead atoms. The lowest BCUT2D eigenvalue weighted by molar-refractivity contribution is -0.137. The lowest BCUT2D eigenvalue weighted by Gasteiger charge is -2.21. The van der Waals surface area contributed by atoms with Gasteiger partial charge in [-0.3, -0.25) is 4.79 Å². The summed E-state index contributed by atoms with van der Waals surface area (Å²) in [6.07, 6.45) is 2.74. The largest absolute Gasteiger partial charge is 0.416 e. The van der Waals surface area contributed by atoms with Crippen molar-refractivity contribution in [2.45, 2.75) is 63.3 Å². The van der Waals surface area contributed by atoms with Gasteiger partial charge >= 0.3 is 6.18 Å². The molecular weight excluding hydrogens is 401 g/mol. The van der Waals surface area contributed by atoms with Crippen LogP contribution in [0.3, 0.4) is 0 Å². The lowest BCUT2D eigenvalue weighted by Crippen LogP contribution is -2.16. The van der Waals surface area contributed by atoms with E-state index in [1.165, 1.54) is 56.0 Å². The van der Waals surface area contributed by atoms with Gasteiger partial charge < -0.3 is 9.88 Å². The van der Waals surface area contributed by atoms with Gasteiger partial charge in [0.05, 0.1) is 11.3 Å². The SMILES string of the molecule is CCn1c(CC2CCCCC2)nnc1SCC(=O)Nc1cccc(C(F)(F)F)c1. The Labute approximate surface area is 172 Å². The second-order valence-corrected chi connectivity index (χ2v) is 8.21. The molecule has 0 unspecified atom stereocenters. The fourth-order valence-electron chi connectivity index (χ4n) is 3.64. The summed E-state index contributed by atoms with van der Waals surface area (Å²) in [4.78, 5) is 12.2. The van der Waals surface area contributed by atoms with Crippen LogP contribution in [0.2, 0.25) is 0 Å². The van der Waals surface area contributed by atoms with Crippen LogP contribution in [0, 0.1) is 5.92 Å². The molecule has 1 aromatic carbocycles. The molecule has 0 saturated heterocycles. The van der Waals surface area contributed by atoms with Crippen molar-refractivity contribution in [1.29, 1.82) is 0 Å². The maximum Gasteiger partial charge on any atom is 0.416 e. The Kier molecular flexibility index (Phi) is 7.21. The minimum absolute atomic E-state index is 0.0534. The quantitative estimate of drug-likeness (QED) is 0.621. The third-order valence-corrected chi connectivity index (χ3v) is 6.08. The van der Waals surface area contributed by atoms with Crippen LogP contribution in [0.4, 0.5) is 18.9 Å². The van der Waals surface area contributed by atoms with Gasteiger partial charge in [-0.1, -0.05) is 49.9 Å². The average molecular weight is 427 g/mol. The van der Waals surface area contributed by atoms with Crippen molar-refractivity contribution in [3.8, 4) is 0 Å². The van der Waals surface area contributed by atoms with Crippen molar-refractivity contribution in [2.24, 2.45) is 5.92 Å². The number of hydrogen-bond acceptors (Lipinski definition) is 4. The molecule has 1 N–H and O–H groups in total. The number of carbonyl (C=O) groups excluding carboxylic acids is 1. The standard InChI is InChI=1S/C20H25F3N4OS/c1-2-27-17(11-14-7-4-3-5-8-14)25-26-19(27)29-13-18(28)24-16-10-6-9-15(12-16)20(21,22)23/h6,9-10,12,14H,2-5,7-8,11,13H2,1H3,(H,24,28). The molecule has 1 aliphatic rings. The van der Waals surface area contributed by atoms with E-state index in [9.17, 15) is 18.0 Å². The van der Waals surface area contributed by atoms with E-state index in [4.69, 9.17) is 0 Å². The summed E-state index contributed by atoms with van der Waals surface area (Å²) in [6, 6.07) is 4.62. The van der Waals surface area contributed by atoms with Gasteiger partial charge in [0, 0.05) is 18.7 Å². The van der Waals surface area contributed by atoms with E-state index in [2.05, 4.69) is 15.5 Å². The molecule has 1 aromatic heterocycles. The predicted molar refractivity (Wildman–Crippen MR) is 107 cm³/mol. The molecule has 0 aliphatic heterocycles. The normalized spacial score (nSPS) is 15.4. The molecular formula is C20H25F3N4OS. The third-order valence-electron chi connectivity index (χ3n) is 5.11. The zero-order valence-corrected chi connectivity index (χ0v) is 17.2. The number of rotatable bonds is 7. The average Bonchev–Trinajstić information content (AvgIpc) is 3.08. The van der Waals surface area contributed by atoms with Gasteiger partial charge in [-0.05, 0) is 31.0 Å². The van der Waals surface area contributed by atoms with Crippen molar-refractivity contribution < 1.29 is 18.0 Å². The number of halogens is 3. The minimum Gasteiger partial charge on any atom is -0.325 e. The molecule has 1 amide bonds. The van der Waals surface area contributed by atoms with E-state index in [1.807, 2.05) is 11.5 Å². The zero-order valence-electron chi connectivity index (χ0n) is 16.3. The van der Waals surface area contributed by atoms with E-state index < -0.39 is 11.7 Å². The lowest BCUT2D eigenvalue weighted by atomic mass is 9.87. The molecule has 3 rings (SSSR count). The van der Waals surface area contributed by atoms with Crippen LogP contribution < -0.4 is 5.32 Å². The molecule has 5 nitrogen and oxygen atoms in total. The Morgan fingerprint density at radius 2 is 2.00 bits per heavy atom. The number of amides is 1. The molecule has 0 spiro atoms. The Bertz CT molecular complexity index is 831. The van der Waals surface area contributed by atoms with Crippen LogP contribution in [0.5, 0.6) is 0 Å². The molecule has 1 saturated carbocycles. The summed E-state index contributed by atoms with van der Waals surface area (Å²) in [5.41, 5.74) is -0.665. The van der Waals surface area contributed by atoms with E-state index in [0.29, 0.717) is 17.6 Å². The number of thioether (sulfide) groups is 1. The van der Waals surface area contributed by atoms with Crippen LogP contribution in [0.1, 0.15) is 50.4 Å². The topological polar surface area (TPSA) is 59.8 Å². The summed E-state index contributed by atoms with van der Waals surface area (Å²) in [7, 11) is 0. The number of alkyl halides is 3. The highest BCUT2D eigenvalue weighted by molar-refractivity contribution is 7.99. The second kappa shape index (κ2) is 9.65. The number of aromatic nitrogens is 3. The van der Waals surface area contributed by atoms with Gasteiger partial charge in [-0.25, -0.2) is 0 Å². The minimum atomic E-state index is -4.44. The molecule has 2 aromatic rings. The first kappa shape index (κ1) is 21.7. The summed E-state index contributed by atoms with van der Waals surface area (Å²) >= 11 is 1.25. The van der Waals surface area contributed by atoms with Crippen LogP contribution in [0.25, 0.3) is 0 Å². The van der Waals surface area contributed by atoms with Crippen molar-refractivity contribution >= 4 is 23.4 Å². The van der Waals surface area contributed by atoms with Crippen molar-refractivity contribution in [1.82, 2.24) is 14.8 Å². The van der Waals surface area contributed by atoms with Crippen molar-refractivity contribution in [2.75, 3.05) is 11.1 Å². The van der Waals surface area contributed by atoms with Crippen LogP contribution >= 0.6 is 11.8 Å². The summed E-state index contributed by atoms with van der Waals surface area (Å²) in [6.45, 7) is 2.73. The Morgan fingerprint density at radius 3 is 2.69 bits per heavy atom. The first-order chi connectivity index (χ1) is 13.9. The Morgan fingerprint density at radius 1 is 1.24 bits per heavy atom. The highest BCUT2D eigenvalue weighted by atomic mass is 32.2. The number of benzene rings is 1. The molecule has 9 heteroatoms. The molecule has 1 aliphatic carbocycles. The predicted octanol–water partition coefficient (Wildman–Crippen LogP) is 5.17. The highest BCUT2D eigenvalue weighted by Gasteiger charge is 2.30. The van der Waals surface area contributed by atoms with Crippen LogP contribution in [-0.4, -0.2) is 26.4 Å². The first-order valence-corrected chi connectivity index (χ1v) is 10.9. The molecule has 0 radical (unpaired) electrons. The maximum atomic E-state index is 12.8. The number of nitrogens with zero attached hydrogens (tertiary/aromatic N) is 3. The fraction of sp³-hybridized carbons (Fsp3) is 0.550.